The van der Waals surface area contributed by atoms with Crippen molar-refractivity contribution >= 4 is 17.4 Å². The highest BCUT2D eigenvalue weighted by Gasteiger charge is 2.16. The molecule has 0 aromatic heterocycles. The third-order valence-corrected chi connectivity index (χ3v) is 3.54. The van der Waals surface area contributed by atoms with Crippen LogP contribution in [0.3, 0.4) is 0 Å². The Hall–Kier alpha value is -2.62. The summed E-state index contributed by atoms with van der Waals surface area (Å²) in [6.45, 7) is 7.15. The fourth-order valence-corrected chi connectivity index (χ4v) is 2.24. The van der Waals surface area contributed by atoms with E-state index in [0.717, 1.165) is 11.1 Å². The number of Topliss-reactive ketones (excluding diaryl/α,β-unsaturated/α-hetero) is 1. The summed E-state index contributed by atoms with van der Waals surface area (Å²) in [5, 5.41) is 2.77. The molecule has 0 aliphatic rings. The molecule has 1 N–H and O–H groups in total. The standard InChI is InChI=1S/C19H21NO3/c1-12-8-9-18(13(2)10-12)23-15(4)19(22)20-17-7-5-6-16(11-17)14(3)21/h5-11,15H,1-4H3,(H,20,22)/t15-/m0/s1. The second kappa shape index (κ2) is 7.09. The van der Waals surface area contributed by atoms with Crippen LogP contribution in [-0.2, 0) is 4.79 Å². The molecule has 0 saturated carbocycles. The van der Waals surface area contributed by atoms with Crippen LogP contribution in [0, 0.1) is 13.8 Å². The average molecular weight is 311 g/mol. The van der Waals surface area contributed by atoms with Crippen LogP contribution in [0.15, 0.2) is 42.5 Å². The van der Waals surface area contributed by atoms with Crippen molar-refractivity contribution in [2.45, 2.75) is 33.8 Å². The van der Waals surface area contributed by atoms with Crippen molar-refractivity contribution < 1.29 is 14.3 Å². The van der Waals surface area contributed by atoms with E-state index in [-0.39, 0.29) is 11.7 Å². The van der Waals surface area contributed by atoms with E-state index in [2.05, 4.69) is 5.32 Å². The highest BCUT2D eigenvalue weighted by Crippen LogP contribution is 2.20. The summed E-state index contributed by atoms with van der Waals surface area (Å²) in [4.78, 5) is 23.6. The van der Waals surface area contributed by atoms with Crippen LogP contribution in [0.25, 0.3) is 0 Å². The van der Waals surface area contributed by atoms with Gasteiger partial charge in [0.25, 0.3) is 5.91 Å². The van der Waals surface area contributed by atoms with E-state index in [9.17, 15) is 9.59 Å². The molecule has 0 saturated heterocycles. The van der Waals surface area contributed by atoms with Crippen molar-refractivity contribution in [1.29, 1.82) is 0 Å². The number of carbonyl (C=O) groups is 2. The summed E-state index contributed by atoms with van der Waals surface area (Å²) < 4.78 is 5.73. The molecule has 0 bridgehead atoms. The van der Waals surface area contributed by atoms with Gasteiger partial charge in [-0.2, -0.15) is 0 Å². The highest BCUT2D eigenvalue weighted by atomic mass is 16.5. The molecule has 4 nitrogen and oxygen atoms in total. The molecule has 2 aromatic carbocycles. The first-order valence-corrected chi connectivity index (χ1v) is 7.52. The van der Waals surface area contributed by atoms with Crippen molar-refractivity contribution in [2.75, 3.05) is 5.32 Å². The van der Waals surface area contributed by atoms with Crippen molar-refractivity contribution in [3.05, 3.63) is 59.2 Å². The minimum Gasteiger partial charge on any atom is -0.481 e. The number of nitrogens with one attached hydrogen (secondary N) is 1. The Kier molecular flexibility index (Phi) is 5.16. The van der Waals surface area contributed by atoms with Crippen LogP contribution in [0.5, 0.6) is 5.75 Å². The van der Waals surface area contributed by atoms with Crippen molar-refractivity contribution in [1.82, 2.24) is 0 Å². The summed E-state index contributed by atoms with van der Waals surface area (Å²) in [6, 6.07) is 12.7. The van der Waals surface area contributed by atoms with Gasteiger partial charge in [0.05, 0.1) is 0 Å². The van der Waals surface area contributed by atoms with E-state index < -0.39 is 6.10 Å². The SMILES string of the molecule is CC(=O)c1cccc(NC(=O)[C@H](C)Oc2ccc(C)cc2C)c1. The normalized spacial score (nSPS) is 11.7. The van der Waals surface area contributed by atoms with E-state index in [4.69, 9.17) is 4.74 Å². The molecule has 0 fully saturated rings. The first-order chi connectivity index (χ1) is 10.9. The summed E-state index contributed by atoms with van der Waals surface area (Å²) in [6.07, 6.45) is -0.641. The number of ether oxygens (including phenoxy) is 1. The summed E-state index contributed by atoms with van der Waals surface area (Å²) in [5.74, 6) is 0.391. The lowest BCUT2D eigenvalue weighted by Crippen LogP contribution is -2.30. The van der Waals surface area contributed by atoms with Gasteiger partial charge in [0.15, 0.2) is 11.9 Å². The van der Waals surface area contributed by atoms with Crippen LogP contribution in [-0.4, -0.2) is 17.8 Å². The maximum atomic E-state index is 12.3. The van der Waals surface area contributed by atoms with Gasteiger partial charge in [0.2, 0.25) is 0 Å². The molecule has 0 aliphatic carbocycles. The predicted octanol–water partition coefficient (Wildman–Crippen LogP) is 3.91. The molecule has 2 aromatic rings. The number of ketones is 1. The van der Waals surface area contributed by atoms with E-state index in [1.807, 2.05) is 32.0 Å². The second-order valence-electron chi connectivity index (χ2n) is 5.66. The third-order valence-electron chi connectivity index (χ3n) is 3.54. The Morgan fingerprint density at radius 2 is 1.83 bits per heavy atom. The molecule has 0 radical (unpaired) electrons. The third kappa shape index (κ3) is 4.42. The van der Waals surface area contributed by atoms with Crippen molar-refractivity contribution in [3.8, 4) is 5.75 Å². The quantitative estimate of drug-likeness (QED) is 0.852. The molecule has 0 unspecified atom stereocenters. The highest BCUT2D eigenvalue weighted by molar-refractivity contribution is 5.98. The van der Waals surface area contributed by atoms with Gasteiger partial charge in [-0.25, -0.2) is 0 Å². The first kappa shape index (κ1) is 16.7. The van der Waals surface area contributed by atoms with Gasteiger partial charge in [-0.3, -0.25) is 9.59 Å². The molecular weight excluding hydrogens is 290 g/mol. The molecular formula is C19H21NO3. The smallest absolute Gasteiger partial charge is 0.265 e. The lowest BCUT2D eigenvalue weighted by molar-refractivity contribution is -0.122. The zero-order valence-electron chi connectivity index (χ0n) is 13.8. The van der Waals surface area contributed by atoms with Crippen LogP contribution < -0.4 is 10.1 Å². The number of anilines is 1. The maximum Gasteiger partial charge on any atom is 0.265 e. The molecule has 1 atom stereocenters. The Bertz CT molecular complexity index is 737. The first-order valence-electron chi connectivity index (χ1n) is 7.52. The van der Waals surface area contributed by atoms with Crippen molar-refractivity contribution in [2.24, 2.45) is 0 Å². The fraction of sp³-hybridized carbons (Fsp3) is 0.263. The number of benzene rings is 2. The lowest BCUT2D eigenvalue weighted by atomic mass is 10.1. The van der Waals surface area contributed by atoms with Gasteiger partial charge in [-0.1, -0.05) is 29.8 Å². The number of hydrogen-bond donors (Lipinski definition) is 1. The molecule has 0 heterocycles. The minimum atomic E-state index is -0.641. The number of carbonyl (C=O) groups excluding carboxylic acids is 2. The zero-order valence-corrected chi connectivity index (χ0v) is 13.8. The van der Waals surface area contributed by atoms with Crippen LogP contribution in [0.2, 0.25) is 0 Å². The van der Waals surface area contributed by atoms with Crippen molar-refractivity contribution in [3.63, 3.8) is 0 Å². The molecule has 0 spiro atoms. The van der Waals surface area contributed by atoms with E-state index in [0.29, 0.717) is 17.0 Å². The van der Waals surface area contributed by atoms with E-state index in [1.54, 1.807) is 31.2 Å². The predicted molar refractivity (Wildman–Crippen MR) is 91.1 cm³/mol. The molecule has 4 heteroatoms. The van der Waals surface area contributed by atoms with Gasteiger partial charge in [-0.15, -0.1) is 0 Å². The van der Waals surface area contributed by atoms with Gasteiger partial charge in [0.1, 0.15) is 5.75 Å². The number of rotatable bonds is 5. The van der Waals surface area contributed by atoms with Gasteiger partial charge < -0.3 is 10.1 Å². The van der Waals surface area contributed by atoms with Crippen LogP contribution in [0.1, 0.15) is 35.3 Å². The summed E-state index contributed by atoms with van der Waals surface area (Å²) >= 11 is 0. The van der Waals surface area contributed by atoms with Gasteiger partial charge in [0, 0.05) is 11.3 Å². The topological polar surface area (TPSA) is 55.4 Å². The Morgan fingerprint density at radius 3 is 2.48 bits per heavy atom. The Morgan fingerprint density at radius 1 is 1.09 bits per heavy atom. The summed E-state index contributed by atoms with van der Waals surface area (Å²) in [7, 11) is 0. The number of hydrogen-bond acceptors (Lipinski definition) is 3. The molecule has 23 heavy (non-hydrogen) atoms. The second-order valence-corrected chi connectivity index (χ2v) is 5.66. The van der Waals surface area contributed by atoms with Gasteiger partial charge >= 0.3 is 0 Å². The number of aryl methyl sites for hydroxylation is 2. The minimum absolute atomic E-state index is 0.0410. The fourth-order valence-electron chi connectivity index (χ4n) is 2.24. The van der Waals surface area contributed by atoms with Crippen LogP contribution >= 0.6 is 0 Å². The monoisotopic (exact) mass is 311 g/mol. The van der Waals surface area contributed by atoms with E-state index >= 15 is 0 Å². The largest absolute Gasteiger partial charge is 0.481 e. The molecule has 1 amide bonds. The molecule has 0 aliphatic heterocycles. The Labute approximate surface area is 136 Å². The lowest BCUT2D eigenvalue weighted by Gasteiger charge is -2.16. The average Bonchev–Trinajstić information content (AvgIpc) is 2.50. The summed E-state index contributed by atoms with van der Waals surface area (Å²) in [5.41, 5.74) is 3.28. The zero-order chi connectivity index (χ0) is 17.0. The maximum absolute atomic E-state index is 12.3. The number of amides is 1. The molecule has 2 rings (SSSR count). The Balaban J connectivity index is 2.05. The van der Waals surface area contributed by atoms with Crippen LogP contribution in [0.4, 0.5) is 5.69 Å². The van der Waals surface area contributed by atoms with Gasteiger partial charge in [-0.05, 0) is 51.5 Å². The van der Waals surface area contributed by atoms with E-state index in [1.165, 1.54) is 6.92 Å². The molecule has 120 valence electrons.